The minimum absolute atomic E-state index is 0.0440. The first-order valence-corrected chi connectivity index (χ1v) is 9.23. The fourth-order valence-electron chi connectivity index (χ4n) is 2.62. The van der Waals surface area contributed by atoms with E-state index in [-0.39, 0.29) is 25.5 Å². The summed E-state index contributed by atoms with van der Waals surface area (Å²) in [5.74, 6) is 0.385. The van der Waals surface area contributed by atoms with Crippen LogP contribution in [0, 0.1) is 0 Å². The van der Waals surface area contributed by atoms with Gasteiger partial charge in [0.1, 0.15) is 5.75 Å². The second-order valence-corrected chi connectivity index (χ2v) is 6.80. The highest BCUT2D eigenvalue weighted by Crippen LogP contribution is 2.32. The molecule has 0 N–H and O–H groups in total. The van der Waals surface area contributed by atoms with Crippen LogP contribution in [0.25, 0.3) is 0 Å². The smallest absolute Gasteiger partial charge is 0.417 e. The number of carbonyl (C=O) groups is 1. The maximum absolute atomic E-state index is 13.1. The monoisotopic (exact) mass is 439 g/mol. The van der Waals surface area contributed by atoms with Gasteiger partial charge in [0, 0.05) is 25.0 Å². The number of aromatic nitrogens is 2. The third-order valence-corrected chi connectivity index (χ3v) is 4.42. The lowest BCUT2D eigenvalue weighted by Gasteiger charge is -2.19. The molecule has 0 aliphatic heterocycles. The van der Waals surface area contributed by atoms with Gasteiger partial charge in [-0.05, 0) is 36.4 Å². The second kappa shape index (κ2) is 9.17. The van der Waals surface area contributed by atoms with Gasteiger partial charge in [-0.3, -0.25) is 4.79 Å². The maximum Gasteiger partial charge on any atom is 0.417 e. The molecule has 0 saturated carbocycles. The summed E-state index contributed by atoms with van der Waals surface area (Å²) in [7, 11) is 1.42. The molecule has 0 saturated heterocycles. The van der Waals surface area contributed by atoms with Crippen LogP contribution in [0.15, 0.2) is 53.1 Å². The van der Waals surface area contributed by atoms with E-state index in [1.54, 1.807) is 24.3 Å². The van der Waals surface area contributed by atoms with E-state index < -0.39 is 23.2 Å². The number of nitrogens with zero attached hydrogens (tertiary/aromatic N) is 3. The number of ether oxygens (including phenoxy) is 1. The van der Waals surface area contributed by atoms with Gasteiger partial charge < -0.3 is 14.2 Å². The van der Waals surface area contributed by atoms with Crippen molar-refractivity contribution in [1.82, 2.24) is 15.0 Å². The lowest BCUT2D eigenvalue weighted by atomic mass is 10.1. The Morgan fingerprint density at radius 2 is 1.87 bits per heavy atom. The molecule has 0 aliphatic rings. The average molecular weight is 440 g/mol. The van der Waals surface area contributed by atoms with Gasteiger partial charge in [-0.15, -0.1) is 0 Å². The SMILES string of the molecule is CN(CCc1noc(COc2ccc(Cl)cc2)n1)C(=O)c1ccccc1C(F)(F)F. The van der Waals surface area contributed by atoms with Crippen LogP contribution in [0.5, 0.6) is 5.75 Å². The largest absolute Gasteiger partial charge is 0.484 e. The van der Waals surface area contributed by atoms with Gasteiger partial charge in [-0.2, -0.15) is 18.2 Å². The van der Waals surface area contributed by atoms with Gasteiger partial charge in [0.2, 0.25) is 0 Å². The molecule has 1 aromatic heterocycles. The molecular formula is C20H17ClF3N3O3. The highest BCUT2D eigenvalue weighted by molar-refractivity contribution is 6.30. The summed E-state index contributed by atoms with van der Waals surface area (Å²) in [5, 5.41) is 4.38. The first kappa shape index (κ1) is 21.6. The highest BCUT2D eigenvalue weighted by Gasteiger charge is 2.35. The molecule has 0 radical (unpaired) electrons. The Morgan fingerprint density at radius 1 is 1.17 bits per heavy atom. The molecule has 0 aliphatic carbocycles. The topological polar surface area (TPSA) is 68.5 Å². The average Bonchev–Trinajstić information content (AvgIpc) is 3.18. The summed E-state index contributed by atoms with van der Waals surface area (Å²) in [6.07, 6.45) is -4.40. The zero-order valence-corrected chi connectivity index (χ0v) is 16.6. The van der Waals surface area contributed by atoms with Crippen LogP contribution < -0.4 is 4.74 Å². The fraction of sp³-hybridized carbons (Fsp3) is 0.250. The van der Waals surface area contributed by atoms with Crippen molar-refractivity contribution >= 4 is 17.5 Å². The summed E-state index contributed by atoms with van der Waals surface area (Å²) in [6, 6.07) is 11.4. The van der Waals surface area contributed by atoms with Crippen LogP contribution in [0.1, 0.15) is 27.6 Å². The number of alkyl halides is 3. The zero-order valence-electron chi connectivity index (χ0n) is 15.8. The minimum atomic E-state index is -4.61. The molecule has 30 heavy (non-hydrogen) atoms. The molecule has 0 bridgehead atoms. The van der Waals surface area contributed by atoms with E-state index in [1.807, 2.05) is 0 Å². The predicted molar refractivity (Wildman–Crippen MR) is 102 cm³/mol. The molecule has 3 aromatic rings. The van der Waals surface area contributed by atoms with Crippen LogP contribution in [0.4, 0.5) is 13.2 Å². The van der Waals surface area contributed by atoms with Crippen LogP contribution in [0.3, 0.4) is 0 Å². The zero-order chi connectivity index (χ0) is 21.7. The summed E-state index contributed by atoms with van der Waals surface area (Å²) in [4.78, 5) is 17.8. The van der Waals surface area contributed by atoms with Crippen molar-refractivity contribution in [3.05, 3.63) is 76.4 Å². The molecule has 0 fully saturated rings. The number of carbonyl (C=O) groups excluding carboxylic acids is 1. The van der Waals surface area contributed by atoms with Crippen molar-refractivity contribution < 1.29 is 27.2 Å². The number of hydrogen-bond acceptors (Lipinski definition) is 5. The number of rotatable bonds is 7. The Hall–Kier alpha value is -3.07. The fourth-order valence-corrected chi connectivity index (χ4v) is 2.74. The number of benzene rings is 2. The number of halogens is 4. The van der Waals surface area contributed by atoms with E-state index in [0.29, 0.717) is 16.6 Å². The molecule has 6 nitrogen and oxygen atoms in total. The van der Waals surface area contributed by atoms with Gasteiger partial charge >= 0.3 is 6.18 Å². The quantitative estimate of drug-likeness (QED) is 0.536. The second-order valence-electron chi connectivity index (χ2n) is 6.37. The molecule has 0 atom stereocenters. The van der Waals surface area contributed by atoms with E-state index in [4.69, 9.17) is 20.9 Å². The van der Waals surface area contributed by atoms with Gasteiger partial charge in [0.25, 0.3) is 11.8 Å². The predicted octanol–water partition coefficient (Wildman–Crippen LogP) is 4.64. The summed E-state index contributed by atoms with van der Waals surface area (Å²) in [6.45, 7) is 0.157. The normalized spacial score (nSPS) is 11.4. The lowest BCUT2D eigenvalue weighted by molar-refractivity contribution is -0.138. The molecule has 1 heterocycles. The first-order chi connectivity index (χ1) is 14.2. The van der Waals surface area contributed by atoms with Crippen molar-refractivity contribution in [2.75, 3.05) is 13.6 Å². The van der Waals surface area contributed by atoms with Crippen LogP contribution in [-0.2, 0) is 19.2 Å². The van der Waals surface area contributed by atoms with Crippen LogP contribution >= 0.6 is 11.6 Å². The lowest BCUT2D eigenvalue weighted by Crippen LogP contribution is -2.30. The molecule has 1 amide bonds. The summed E-state index contributed by atoms with van der Waals surface area (Å²) < 4.78 is 49.9. The third kappa shape index (κ3) is 5.50. The number of amides is 1. The molecule has 10 heteroatoms. The van der Waals surface area contributed by atoms with E-state index in [1.165, 1.54) is 24.1 Å². The standard InChI is InChI=1S/C20H17ClF3N3O3/c1-27(19(28)15-4-2-3-5-16(15)20(22,23)24)11-10-17-25-18(30-26-17)12-29-14-8-6-13(21)7-9-14/h2-9H,10-12H2,1H3. The molecule has 0 unspecified atom stereocenters. The van der Waals surface area contributed by atoms with Crippen molar-refractivity contribution in [1.29, 1.82) is 0 Å². The van der Waals surface area contributed by atoms with Crippen LogP contribution in [-0.4, -0.2) is 34.5 Å². The van der Waals surface area contributed by atoms with Crippen molar-refractivity contribution in [3.8, 4) is 5.75 Å². The Kier molecular flexibility index (Phi) is 6.61. The van der Waals surface area contributed by atoms with Crippen molar-refractivity contribution in [2.24, 2.45) is 0 Å². The van der Waals surface area contributed by atoms with E-state index in [2.05, 4.69) is 10.1 Å². The van der Waals surface area contributed by atoms with Crippen molar-refractivity contribution in [2.45, 2.75) is 19.2 Å². The van der Waals surface area contributed by atoms with Crippen LogP contribution in [0.2, 0.25) is 5.02 Å². The van der Waals surface area contributed by atoms with Gasteiger partial charge in [0.15, 0.2) is 12.4 Å². The van der Waals surface area contributed by atoms with E-state index in [0.717, 1.165) is 12.1 Å². The Balaban J connectivity index is 1.56. The van der Waals surface area contributed by atoms with Gasteiger partial charge in [0.05, 0.1) is 11.1 Å². The van der Waals surface area contributed by atoms with Crippen molar-refractivity contribution in [3.63, 3.8) is 0 Å². The summed E-state index contributed by atoms with van der Waals surface area (Å²) in [5.41, 5.74) is -1.37. The maximum atomic E-state index is 13.1. The first-order valence-electron chi connectivity index (χ1n) is 8.85. The third-order valence-electron chi connectivity index (χ3n) is 4.17. The number of hydrogen-bond donors (Lipinski definition) is 0. The molecule has 3 rings (SSSR count). The molecule has 0 spiro atoms. The Bertz CT molecular complexity index is 1010. The highest BCUT2D eigenvalue weighted by atomic mass is 35.5. The minimum Gasteiger partial charge on any atom is -0.484 e. The molecular weight excluding hydrogens is 423 g/mol. The van der Waals surface area contributed by atoms with E-state index >= 15 is 0 Å². The molecule has 158 valence electrons. The van der Waals surface area contributed by atoms with E-state index in [9.17, 15) is 18.0 Å². The van der Waals surface area contributed by atoms with Gasteiger partial charge in [-0.1, -0.05) is 28.9 Å². The Morgan fingerprint density at radius 3 is 2.57 bits per heavy atom. The van der Waals surface area contributed by atoms with Gasteiger partial charge in [-0.25, -0.2) is 0 Å². The Labute approximate surface area is 175 Å². The summed E-state index contributed by atoms with van der Waals surface area (Å²) >= 11 is 5.80. The molecule has 2 aromatic carbocycles. The number of likely N-dealkylation sites (N-methyl/N-ethyl adjacent to an activating group) is 1.